The highest BCUT2D eigenvalue weighted by Gasteiger charge is 2.18. The summed E-state index contributed by atoms with van der Waals surface area (Å²) in [6.45, 7) is 5.77. The minimum Gasteiger partial charge on any atom is -0.497 e. The van der Waals surface area contributed by atoms with Crippen molar-refractivity contribution in [3.8, 4) is 5.75 Å². The molecule has 1 amide bonds. The molecule has 3 aromatic rings. The first-order valence-corrected chi connectivity index (χ1v) is 10.3. The summed E-state index contributed by atoms with van der Waals surface area (Å²) in [6, 6.07) is 14.1. The number of aryl methyl sites for hydroxylation is 1. The summed E-state index contributed by atoms with van der Waals surface area (Å²) in [7, 11) is 1.63. The summed E-state index contributed by atoms with van der Waals surface area (Å²) in [5.41, 5.74) is 3.92. The number of nitrogens with zero attached hydrogens (tertiary/aromatic N) is 1. The molecule has 4 rings (SSSR count). The molecule has 0 atom stereocenters. The molecule has 1 N–H and O–H groups in total. The molecule has 152 valence electrons. The molecule has 0 saturated carbocycles. The number of likely N-dealkylation sites (tertiary alicyclic amines) is 1. The zero-order valence-electron chi connectivity index (χ0n) is 17.2. The van der Waals surface area contributed by atoms with Crippen molar-refractivity contribution < 1.29 is 13.9 Å². The molecule has 0 aliphatic carbocycles. The monoisotopic (exact) mass is 392 g/mol. The first kappa shape index (κ1) is 19.5. The van der Waals surface area contributed by atoms with Gasteiger partial charge in [-0.2, -0.15) is 0 Å². The van der Waals surface area contributed by atoms with E-state index in [2.05, 4.69) is 34.5 Å². The van der Waals surface area contributed by atoms with E-state index in [0.717, 1.165) is 28.8 Å². The zero-order valence-corrected chi connectivity index (χ0v) is 17.2. The Morgan fingerprint density at radius 1 is 1.07 bits per heavy atom. The number of furan rings is 1. The second-order valence-electron chi connectivity index (χ2n) is 7.75. The molecule has 0 unspecified atom stereocenters. The van der Waals surface area contributed by atoms with Crippen LogP contribution in [0.5, 0.6) is 5.75 Å². The number of nitrogens with one attached hydrogen (secondary N) is 1. The van der Waals surface area contributed by atoms with E-state index in [-0.39, 0.29) is 5.91 Å². The lowest BCUT2D eigenvalue weighted by molar-refractivity contribution is 0.0924. The topological polar surface area (TPSA) is 54.7 Å². The van der Waals surface area contributed by atoms with E-state index >= 15 is 0 Å². The van der Waals surface area contributed by atoms with Crippen LogP contribution in [0.15, 0.2) is 46.9 Å². The average Bonchev–Trinajstić information content (AvgIpc) is 3.09. The van der Waals surface area contributed by atoms with Gasteiger partial charge in [0.1, 0.15) is 11.3 Å². The summed E-state index contributed by atoms with van der Waals surface area (Å²) in [5, 5.41) is 3.87. The van der Waals surface area contributed by atoms with Gasteiger partial charge in [-0.25, -0.2) is 0 Å². The molecule has 0 spiro atoms. The predicted octanol–water partition coefficient (Wildman–Crippen LogP) is 4.67. The van der Waals surface area contributed by atoms with Crippen LogP contribution in [0.4, 0.5) is 0 Å². The van der Waals surface area contributed by atoms with Gasteiger partial charge in [-0.15, -0.1) is 0 Å². The van der Waals surface area contributed by atoms with Crippen LogP contribution in [-0.2, 0) is 13.1 Å². The highest BCUT2D eigenvalue weighted by molar-refractivity contribution is 5.99. The summed E-state index contributed by atoms with van der Waals surface area (Å²) >= 11 is 0. The van der Waals surface area contributed by atoms with E-state index < -0.39 is 0 Å². The molecule has 1 aliphatic rings. The van der Waals surface area contributed by atoms with Crippen LogP contribution < -0.4 is 10.1 Å². The van der Waals surface area contributed by atoms with Crippen molar-refractivity contribution in [3.05, 3.63) is 64.9 Å². The highest BCUT2D eigenvalue weighted by Crippen LogP contribution is 2.28. The normalized spacial score (nSPS) is 14.8. The third-order valence-corrected chi connectivity index (χ3v) is 5.68. The lowest BCUT2D eigenvalue weighted by Gasteiger charge is -2.26. The second kappa shape index (κ2) is 8.70. The Balaban J connectivity index is 1.38. The lowest BCUT2D eigenvalue weighted by Crippen LogP contribution is -2.29. The summed E-state index contributed by atoms with van der Waals surface area (Å²) in [6.07, 6.45) is 3.96. The molecule has 29 heavy (non-hydrogen) atoms. The first-order chi connectivity index (χ1) is 14.1. The van der Waals surface area contributed by atoms with Crippen molar-refractivity contribution in [2.24, 2.45) is 0 Å². The van der Waals surface area contributed by atoms with E-state index in [1.54, 1.807) is 7.11 Å². The van der Waals surface area contributed by atoms with Crippen molar-refractivity contribution >= 4 is 16.9 Å². The van der Waals surface area contributed by atoms with E-state index in [4.69, 9.17) is 9.15 Å². The Kier molecular flexibility index (Phi) is 5.86. The molecule has 2 aromatic carbocycles. The Morgan fingerprint density at radius 3 is 2.52 bits per heavy atom. The number of piperidine rings is 1. The summed E-state index contributed by atoms with van der Waals surface area (Å²) in [4.78, 5) is 15.2. The smallest absolute Gasteiger partial charge is 0.287 e. The van der Waals surface area contributed by atoms with Gasteiger partial charge in [-0.3, -0.25) is 9.69 Å². The number of amides is 1. The molecule has 0 radical (unpaired) electrons. The van der Waals surface area contributed by atoms with Crippen LogP contribution in [0, 0.1) is 6.92 Å². The molecule has 1 fully saturated rings. The maximum atomic E-state index is 12.6. The number of hydrogen-bond donors (Lipinski definition) is 1. The maximum Gasteiger partial charge on any atom is 0.287 e. The number of rotatable bonds is 6. The van der Waals surface area contributed by atoms with Crippen LogP contribution in [0.1, 0.15) is 46.5 Å². The van der Waals surface area contributed by atoms with Crippen LogP contribution in [0.2, 0.25) is 0 Å². The molecule has 1 saturated heterocycles. The number of carbonyl (C=O) groups is 1. The van der Waals surface area contributed by atoms with Crippen molar-refractivity contribution in [3.63, 3.8) is 0 Å². The summed E-state index contributed by atoms with van der Waals surface area (Å²) < 4.78 is 11.0. The van der Waals surface area contributed by atoms with Gasteiger partial charge >= 0.3 is 0 Å². The van der Waals surface area contributed by atoms with Gasteiger partial charge in [0.15, 0.2) is 5.76 Å². The third-order valence-electron chi connectivity index (χ3n) is 5.68. The number of fused-ring (bicyclic) bond motifs is 1. The number of benzene rings is 2. The molecule has 1 aromatic heterocycles. The molecule has 0 bridgehead atoms. The number of carbonyl (C=O) groups excluding carboxylic acids is 1. The fraction of sp³-hybridized carbons (Fsp3) is 0.375. The SMILES string of the molecule is COc1ccc2oc(C(=O)NCc3ccc(CN4CCCCC4)cc3)c(C)c2c1. The van der Waals surface area contributed by atoms with Crippen LogP contribution in [-0.4, -0.2) is 31.0 Å². The number of ether oxygens (including phenoxy) is 1. The zero-order chi connectivity index (χ0) is 20.2. The second-order valence-corrected chi connectivity index (χ2v) is 7.75. The van der Waals surface area contributed by atoms with Gasteiger partial charge < -0.3 is 14.5 Å². The Bertz CT molecular complexity index is 985. The van der Waals surface area contributed by atoms with Crippen molar-refractivity contribution in [1.82, 2.24) is 10.2 Å². The molecule has 5 heteroatoms. The lowest BCUT2D eigenvalue weighted by atomic mass is 10.1. The fourth-order valence-electron chi connectivity index (χ4n) is 3.94. The molecule has 2 heterocycles. The first-order valence-electron chi connectivity index (χ1n) is 10.3. The van der Waals surface area contributed by atoms with Crippen molar-refractivity contribution in [2.75, 3.05) is 20.2 Å². The Morgan fingerprint density at radius 2 is 1.79 bits per heavy atom. The number of methoxy groups -OCH3 is 1. The minimum absolute atomic E-state index is 0.199. The minimum atomic E-state index is -0.199. The van der Waals surface area contributed by atoms with Crippen molar-refractivity contribution in [2.45, 2.75) is 39.3 Å². The van der Waals surface area contributed by atoms with Crippen molar-refractivity contribution in [1.29, 1.82) is 0 Å². The largest absolute Gasteiger partial charge is 0.497 e. The maximum absolute atomic E-state index is 12.6. The van der Waals surface area contributed by atoms with Gasteiger partial charge in [-0.1, -0.05) is 30.7 Å². The molecular formula is C24H28N2O3. The van der Waals surface area contributed by atoms with E-state index in [1.165, 1.54) is 37.9 Å². The molecular weight excluding hydrogens is 364 g/mol. The van der Waals surface area contributed by atoms with Crippen LogP contribution in [0.25, 0.3) is 11.0 Å². The molecule has 1 aliphatic heterocycles. The van der Waals surface area contributed by atoms with E-state index in [1.807, 2.05) is 25.1 Å². The van der Waals surface area contributed by atoms with Gasteiger partial charge in [0, 0.05) is 24.0 Å². The van der Waals surface area contributed by atoms with Crippen LogP contribution >= 0.6 is 0 Å². The van der Waals surface area contributed by atoms with Gasteiger partial charge in [-0.05, 0) is 62.2 Å². The van der Waals surface area contributed by atoms with Gasteiger partial charge in [0.25, 0.3) is 5.91 Å². The van der Waals surface area contributed by atoms with E-state index in [0.29, 0.717) is 17.9 Å². The predicted molar refractivity (Wildman–Crippen MR) is 114 cm³/mol. The molecule has 5 nitrogen and oxygen atoms in total. The Hall–Kier alpha value is -2.79. The Labute approximate surface area is 171 Å². The quantitative estimate of drug-likeness (QED) is 0.663. The third kappa shape index (κ3) is 4.46. The van der Waals surface area contributed by atoms with Crippen LogP contribution in [0.3, 0.4) is 0 Å². The fourth-order valence-corrected chi connectivity index (χ4v) is 3.94. The van der Waals surface area contributed by atoms with Gasteiger partial charge in [0.05, 0.1) is 7.11 Å². The van der Waals surface area contributed by atoms with E-state index in [9.17, 15) is 4.79 Å². The number of hydrogen-bond acceptors (Lipinski definition) is 4. The highest BCUT2D eigenvalue weighted by atomic mass is 16.5. The summed E-state index contributed by atoms with van der Waals surface area (Å²) in [5.74, 6) is 0.906. The standard InChI is InChI=1S/C24H28N2O3/c1-17-21-14-20(28-2)10-11-22(21)29-23(17)24(27)25-15-18-6-8-19(9-7-18)16-26-12-4-3-5-13-26/h6-11,14H,3-5,12-13,15-16H2,1-2H3,(H,25,27). The average molecular weight is 392 g/mol. The van der Waals surface area contributed by atoms with Gasteiger partial charge in [0.2, 0.25) is 0 Å².